The molecule has 7 heteroatoms. The molecule has 1 fully saturated rings. The Bertz CT molecular complexity index is 1380. The largest absolute Gasteiger partial charge is 0.334 e. The fourth-order valence-electron chi connectivity index (χ4n) is 4.66. The molecule has 4 aromatic rings. The molecule has 5 nitrogen and oxygen atoms in total. The van der Waals surface area contributed by atoms with E-state index in [4.69, 9.17) is 0 Å². The molecule has 1 atom stereocenters. The maximum atomic E-state index is 14.2. The molecular formula is C27H26FN3O2S. The second-order valence-corrected chi connectivity index (χ2v) is 9.70. The summed E-state index contributed by atoms with van der Waals surface area (Å²) in [5.41, 5.74) is 3.09. The van der Waals surface area contributed by atoms with Crippen LogP contribution in [0.3, 0.4) is 0 Å². The number of fused-ring (bicyclic) bond motifs is 1. The quantitative estimate of drug-likeness (QED) is 0.408. The van der Waals surface area contributed by atoms with E-state index in [2.05, 4.69) is 23.6 Å². The van der Waals surface area contributed by atoms with Gasteiger partial charge < -0.3 is 14.4 Å². The topological polar surface area (TPSA) is 45.6 Å². The lowest BCUT2D eigenvalue weighted by Gasteiger charge is -2.40. The predicted molar refractivity (Wildman–Crippen MR) is 133 cm³/mol. The number of carbonyl (C=O) groups is 2. The molecule has 0 N–H and O–H groups in total. The zero-order valence-corrected chi connectivity index (χ0v) is 20.0. The first kappa shape index (κ1) is 22.3. The number of rotatable bonds is 4. The van der Waals surface area contributed by atoms with Crippen molar-refractivity contribution in [3.05, 3.63) is 94.2 Å². The van der Waals surface area contributed by atoms with Crippen LogP contribution in [0.4, 0.5) is 4.39 Å². The van der Waals surface area contributed by atoms with Crippen molar-refractivity contribution in [3.63, 3.8) is 0 Å². The van der Waals surface area contributed by atoms with Crippen molar-refractivity contribution in [1.82, 2.24) is 14.4 Å². The van der Waals surface area contributed by atoms with Crippen LogP contribution in [0.5, 0.6) is 0 Å². The molecule has 0 saturated carbocycles. The van der Waals surface area contributed by atoms with E-state index in [-0.39, 0.29) is 23.4 Å². The van der Waals surface area contributed by atoms with Gasteiger partial charge in [-0.3, -0.25) is 9.59 Å². The average molecular weight is 476 g/mol. The van der Waals surface area contributed by atoms with E-state index in [1.54, 1.807) is 28.4 Å². The maximum Gasteiger partial charge on any atom is 0.270 e. The van der Waals surface area contributed by atoms with Gasteiger partial charge in [0, 0.05) is 37.6 Å². The fourth-order valence-corrected chi connectivity index (χ4v) is 5.56. The minimum atomic E-state index is -0.521. The molecule has 0 radical (unpaired) electrons. The summed E-state index contributed by atoms with van der Waals surface area (Å²) in [6.07, 6.45) is 0. The molecule has 2 aromatic heterocycles. The molecule has 5 rings (SSSR count). The summed E-state index contributed by atoms with van der Waals surface area (Å²) in [6, 6.07) is 18.0. The third kappa shape index (κ3) is 4.01. The molecule has 1 unspecified atom stereocenters. The number of benzene rings is 2. The average Bonchev–Trinajstić information content (AvgIpc) is 3.42. The molecule has 1 saturated heterocycles. The summed E-state index contributed by atoms with van der Waals surface area (Å²) < 4.78 is 16.3. The highest BCUT2D eigenvalue weighted by atomic mass is 32.1. The molecule has 0 aliphatic carbocycles. The van der Waals surface area contributed by atoms with Crippen molar-refractivity contribution in [2.24, 2.45) is 0 Å². The first-order chi connectivity index (χ1) is 16.4. The van der Waals surface area contributed by atoms with E-state index >= 15 is 0 Å². The van der Waals surface area contributed by atoms with E-state index < -0.39 is 5.82 Å². The summed E-state index contributed by atoms with van der Waals surface area (Å²) in [7, 11) is 0. The Morgan fingerprint density at radius 1 is 1.03 bits per heavy atom. The number of hydrogen-bond donors (Lipinski definition) is 0. The molecule has 1 aliphatic heterocycles. The Morgan fingerprint density at radius 2 is 1.79 bits per heavy atom. The SMILES string of the molecule is Cc1ccccc1Cn1c(C(=O)N2CCN(C(=O)c3ccccc3F)C(C)C2)cc2ccsc21. The van der Waals surface area contributed by atoms with Crippen LogP contribution in [-0.4, -0.2) is 51.9 Å². The van der Waals surface area contributed by atoms with Crippen LogP contribution < -0.4 is 0 Å². The number of piperazine rings is 1. The van der Waals surface area contributed by atoms with Crippen LogP contribution in [0.2, 0.25) is 0 Å². The van der Waals surface area contributed by atoms with Crippen molar-refractivity contribution in [1.29, 1.82) is 0 Å². The first-order valence-corrected chi connectivity index (χ1v) is 12.3. The molecule has 0 bridgehead atoms. The lowest BCUT2D eigenvalue weighted by atomic mass is 10.1. The monoisotopic (exact) mass is 475 g/mol. The molecule has 1 aliphatic rings. The normalized spacial score (nSPS) is 16.3. The van der Waals surface area contributed by atoms with Crippen LogP contribution in [0, 0.1) is 12.7 Å². The highest BCUT2D eigenvalue weighted by molar-refractivity contribution is 7.16. The molecule has 2 aromatic carbocycles. The molecule has 2 amide bonds. The van der Waals surface area contributed by atoms with Crippen LogP contribution >= 0.6 is 11.3 Å². The summed E-state index contributed by atoms with van der Waals surface area (Å²) >= 11 is 1.63. The number of halogens is 1. The molecule has 174 valence electrons. The summed E-state index contributed by atoms with van der Waals surface area (Å²) in [4.78, 5) is 31.1. The van der Waals surface area contributed by atoms with Crippen LogP contribution in [0.1, 0.15) is 38.9 Å². The lowest BCUT2D eigenvalue weighted by molar-refractivity contribution is 0.0407. The smallest absolute Gasteiger partial charge is 0.270 e. The number of carbonyl (C=O) groups excluding carboxylic acids is 2. The third-order valence-electron chi connectivity index (χ3n) is 6.59. The summed E-state index contributed by atoms with van der Waals surface area (Å²) in [5.74, 6) is -0.893. The maximum absolute atomic E-state index is 14.2. The van der Waals surface area contributed by atoms with Gasteiger partial charge >= 0.3 is 0 Å². The van der Waals surface area contributed by atoms with Gasteiger partial charge in [-0.2, -0.15) is 0 Å². The Kier molecular flexibility index (Phi) is 5.96. The Labute approximate surface area is 202 Å². The second-order valence-electron chi connectivity index (χ2n) is 8.80. The number of aryl methyl sites for hydroxylation is 1. The third-order valence-corrected chi connectivity index (χ3v) is 7.54. The predicted octanol–water partition coefficient (Wildman–Crippen LogP) is 5.19. The lowest BCUT2D eigenvalue weighted by Crippen LogP contribution is -2.55. The van der Waals surface area contributed by atoms with E-state index in [0.29, 0.717) is 31.9 Å². The zero-order valence-electron chi connectivity index (χ0n) is 19.2. The zero-order chi connectivity index (χ0) is 23.8. The van der Waals surface area contributed by atoms with E-state index in [1.807, 2.05) is 41.5 Å². The van der Waals surface area contributed by atoms with Crippen molar-refractivity contribution < 1.29 is 14.0 Å². The Hall–Kier alpha value is -3.45. The van der Waals surface area contributed by atoms with Gasteiger partial charge in [-0.15, -0.1) is 11.3 Å². The molecule has 3 heterocycles. The van der Waals surface area contributed by atoms with Gasteiger partial charge in [0.2, 0.25) is 0 Å². The molecular weight excluding hydrogens is 449 g/mol. The van der Waals surface area contributed by atoms with Gasteiger partial charge in [-0.05, 0) is 54.6 Å². The van der Waals surface area contributed by atoms with Gasteiger partial charge in [-0.1, -0.05) is 36.4 Å². The van der Waals surface area contributed by atoms with Crippen LogP contribution in [0.25, 0.3) is 10.2 Å². The summed E-state index contributed by atoms with van der Waals surface area (Å²) in [5, 5.41) is 3.10. The van der Waals surface area contributed by atoms with Gasteiger partial charge in [-0.25, -0.2) is 4.39 Å². The van der Waals surface area contributed by atoms with E-state index in [0.717, 1.165) is 10.2 Å². The van der Waals surface area contributed by atoms with Gasteiger partial charge in [0.15, 0.2) is 0 Å². The molecule has 0 spiro atoms. The van der Waals surface area contributed by atoms with Crippen molar-refractivity contribution in [2.75, 3.05) is 19.6 Å². The highest BCUT2D eigenvalue weighted by Gasteiger charge is 2.33. The Balaban J connectivity index is 1.38. The van der Waals surface area contributed by atoms with Crippen LogP contribution in [0.15, 0.2) is 66.0 Å². The number of thiophene rings is 1. The molecule has 34 heavy (non-hydrogen) atoms. The number of nitrogens with zero attached hydrogens (tertiary/aromatic N) is 3. The van der Waals surface area contributed by atoms with Crippen molar-refractivity contribution in [2.45, 2.75) is 26.4 Å². The minimum Gasteiger partial charge on any atom is -0.334 e. The first-order valence-electron chi connectivity index (χ1n) is 11.4. The van der Waals surface area contributed by atoms with Gasteiger partial charge in [0.25, 0.3) is 11.8 Å². The van der Waals surface area contributed by atoms with Gasteiger partial charge in [0.05, 0.1) is 5.56 Å². The Morgan fingerprint density at radius 3 is 2.56 bits per heavy atom. The second kappa shape index (κ2) is 9.06. The number of amides is 2. The standard InChI is InChI=1S/C27H26FN3O2S/c1-18-7-3-4-8-21(18)17-31-24(15-20-11-14-34-27(20)31)26(33)29-12-13-30(19(2)16-29)25(32)22-9-5-6-10-23(22)28/h3-11,14-15,19H,12-13,16-17H2,1-2H3. The highest BCUT2D eigenvalue weighted by Crippen LogP contribution is 2.28. The summed E-state index contributed by atoms with van der Waals surface area (Å²) in [6.45, 7) is 5.79. The van der Waals surface area contributed by atoms with Crippen molar-refractivity contribution >= 4 is 33.4 Å². The fraction of sp³-hybridized carbons (Fsp3) is 0.259. The van der Waals surface area contributed by atoms with E-state index in [9.17, 15) is 14.0 Å². The number of hydrogen-bond acceptors (Lipinski definition) is 3. The van der Waals surface area contributed by atoms with Gasteiger partial charge in [0.1, 0.15) is 16.3 Å². The van der Waals surface area contributed by atoms with Crippen LogP contribution in [-0.2, 0) is 6.54 Å². The van der Waals surface area contributed by atoms with Crippen molar-refractivity contribution in [3.8, 4) is 0 Å². The van der Waals surface area contributed by atoms with E-state index in [1.165, 1.54) is 23.3 Å². The number of aromatic nitrogens is 1. The minimum absolute atomic E-state index is 0.0400.